The molecule has 0 saturated carbocycles. The average Bonchev–Trinajstić information content (AvgIpc) is 1.96. The van der Waals surface area contributed by atoms with Crippen molar-refractivity contribution in [3.63, 3.8) is 0 Å². The van der Waals surface area contributed by atoms with Crippen molar-refractivity contribution in [3.05, 3.63) is 0 Å². The van der Waals surface area contributed by atoms with Crippen LogP contribution in [0.5, 0.6) is 0 Å². The quantitative estimate of drug-likeness (QED) is 0.724. The molecular weight excluding hydrogens is 213 g/mol. The molecular formula is C8H15F3N2O2. The van der Waals surface area contributed by atoms with E-state index in [4.69, 9.17) is 9.90 Å². The fourth-order valence-corrected chi connectivity index (χ4v) is 0.945. The van der Waals surface area contributed by atoms with E-state index in [1.165, 1.54) is 19.5 Å². The molecule has 0 amide bonds. The fraction of sp³-hybridized carbons (Fsp3) is 0.875. The molecule has 1 atom stereocenters. The second kappa shape index (κ2) is 5.92. The molecule has 0 aromatic rings. The Hall–Kier alpha value is -0.820. The molecule has 1 aliphatic heterocycles. The molecule has 1 fully saturated rings. The highest BCUT2D eigenvalue weighted by molar-refractivity contribution is 5.73. The van der Waals surface area contributed by atoms with Crippen molar-refractivity contribution in [1.29, 1.82) is 0 Å². The van der Waals surface area contributed by atoms with Gasteiger partial charge in [-0.3, -0.25) is 0 Å². The van der Waals surface area contributed by atoms with Crippen LogP contribution in [0.25, 0.3) is 0 Å². The van der Waals surface area contributed by atoms with E-state index in [-0.39, 0.29) is 0 Å². The lowest BCUT2D eigenvalue weighted by Crippen LogP contribution is -2.48. The van der Waals surface area contributed by atoms with Crippen LogP contribution in [0, 0.1) is 0 Å². The van der Waals surface area contributed by atoms with Gasteiger partial charge in [0.15, 0.2) is 0 Å². The van der Waals surface area contributed by atoms with E-state index in [2.05, 4.69) is 24.3 Å². The highest BCUT2D eigenvalue weighted by atomic mass is 19.4. The molecule has 1 heterocycles. The van der Waals surface area contributed by atoms with Gasteiger partial charge in [0.2, 0.25) is 0 Å². The predicted octanol–water partition coefficient (Wildman–Crippen LogP) is 0.543. The summed E-state index contributed by atoms with van der Waals surface area (Å²) in [7, 11) is 4.22. The van der Waals surface area contributed by atoms with E-state index in [9.17, 15) is 13.2 Å². The van der Waals surface area contributed by atoms with Crippen molar-refractivity contribution in [3.8, 4) is 0 Å². The number of carboxylic acid groups (broad SMARTS) is 1. The molecule has 4 nitrogen and oxygen atoms in total. The Kier molecular flexibility index (Phi) is 5.59. The monoisotopic (exact) mass is 228 g/mol. The van der Waals surface area contributed by atoms with E-state index < -0.39 is 12.1 Å². The highest BCUT2D eigenvalue weighted by Gasteiger charge is 2.38. The normalized spacial score (nSPS) is 20.3. The third kappa shape index (κ3) is 7.15. The largest absolute Gasteiger partial charge is 0.490 e. The Bertz CT molecular complexity index is 203. The highest BCUT2D eigenvalue weighted by Crippen LogP contribution is 2.13. The van der Waals surface area contributed by atoms with Crippen molar-refractivity contribution >= 4 is 5.97 Å². The lowest BCUT2D eigenvalue weighted by Gasteiger charge is -2.29. The molecule has 0 spiro atoms. The minimum atomic E-state index is -5.08. The predicted molar refractivity (Wildman–Crippen MR) is 48.7 cm³/mol. The molecule has 0 aliphatic carbocycles. The zero-order valence-electron chi connectivity index (χ0n) is 8.64. The summed E-state index contributed by atoms with van der Waals surface area (Å²) >= 11 is 0. The van der Waals surface area contributed by atoms with Gasteiger partial charge in [-0.1, -0.05) is 0 Å². The van der Waals surface area contributed by atoms with Crippen LogP contribution in [0.3, 0.4) is 0 Å². The summed E-state index contributed by atoms with van der Waals surface area (Å²) in [6.07, 6.45) is -3.72. The van der Waals surface area contributed by atoms with Gasteiger partial charge in [-0.25, -0.2) is 4.79 Å². The number of alkyl halides is 3. The van der Waals surface area contributed by atoms with Crippen LogP contribution in [0.4, 0.5) is 13.2 Å². The maximum atomic E-state index is 10.6. The van der Waals surface area contributed by atoms with Gasteiger partial charge in [-0.05, 0) is 27.1 Å². The van der Waals surface area contributed by atoms with E-state index in [1.54, 1.807) is 0 Å². The first kappa shape index (κ1) is 14.2. The molecule has 0 radical (unpaired) electrons. The maximum absolute atomic E-state index is 10.6. The molecule has 1 rings (SSSR count). The zero-order valence-corrected chi connectivity index (χ0v) is 8.64. The lowest BCUT2D eigenvalue weighted by molar-refractivity contribution is -0.192. The summed E-state index contributed by atoms with van der Waals surface area (Å²) < 4.78 is 31.7. The van der Waals surface area contributed by atoms with Gasteiger partial charge in [-0.15, -0.1) is 0 Å². The molecule has 0 aromatic heterocycles. The topological polar surface area (TPSA) is 52.6 Å². The average molecular weight is 228 g/mol. The van der Waals surface area contributed by atoms with Gasteiger partial charge >= 0.3 is 12.1 Å². The number of halogens is 3. The Balaban J connectivity index is 0.000000265. The number of carboxylic acids is 1. The van der Waals surface area contributed by atoms with Crippen molar-refractivity contribution in [1.82, 2.24) is 10.2 Å². The van der Waals surface area contributed by atoms with Crippen molar-refractivity contribution in [2.45, 2.75) is 18.6 Å². The van der Waals surface area contributed by atoms with Crippen LogP contribution in [-0.2, 0) is 4.79 Å². The second-order valence-electron chi connectivity index (χ2n) is 3.50. The summed E-state index contributed by atoms with van der Waals surface area (Å²) in [6.45, 7) is 2.42. The summed E-state index contributed by atoms with van der Waals surface area (Å²) in [4.78, 5) is 11.1. The van der Waals surface area contributed by atoms with Gasteiger partial charge in [0, 0.05) is 12.6 Å². The number of hydrogen-bond acceptors (Lipinski definition) is 3. The SMILES string of the molecule is CN(C)C[C@H]1CCN1.O=C(O)C(F)(F)F. The zero-order chi connectivity index (χ0) is 12.1. The van der Waals surface area contributed by atoms with Crippen LogP contribution in [0.2, 0.25) is 0 Å². The van der Waals surface area contributed by atoms with Gasteiger partial charge in [-0.2, -0.15) is 13.2 Å². The molecule has 1 aliphatic rings. The molecule has 0 unspecified atom stereocenters. The lowest BCUT2D eigenvalue weighted by atomic mass is 10.1. The molecule has 90 valence electrons. The van der Waals surface area contributed by atoms with Gasteiger partial charge < -0.3 is 15.3 Å². The number of rotatable bonds is 2. The van der Waals surface area contributed by atoms with Crippen molar-refractivity contribution < 1.29 is 23.1 Å². The van der Waals surface area contributed by atoms with Gasteiger partial charge in [0.05, 0.1) is 0 Å². The Morgan fingerprint density at radius 3 is 2.00 bits per heavy atom. The Morgan fingerprint density at radius 2 is 1.93 bits per heavy atom. The second-order valence-corrected chi connectivity index (χ2v) is 3.50. The molecule has 0 bridgehead atoms. The van der Waals surface area contributed by atoms with Crippen LogP contribution < -0.4 is 5.32 Å². The van der Waals surface area contributed by atoms with E-state index in [1.807, 2.05) is 0 Å². The van der Waals surface area contributed by atoms with Crippen LogP contribution in [0.15, 0.2) is 0 Å². The third-order valence-electron chi connectivity index (χ3n) is 1.75. The number of hydrogen-bond donors (Lipinski definition) is 2. The van der Waals surface area contributed by atoms with Crippen LogP contribution >= 0.6 is 0 Å². The van der Waals surface area contributed by atoms with Crippen molar-refractivity contribution in [2.75, 3.05) is 27.2 Å². The number of nitrogens with one attached hydrogen (secondary N) is 1. The summed E-state index contributed by atoms with van der Waals surface area (Å²) in [5.41, 5.74) is 0. The first-order valence-corrected chi connectivity index (χ1v) is 4.41. The molecule has 1 saturated heterocycles. The molecule has 7 heteroatoms. The number of carbonyl (C=O) groups is 1. The molecule has 15 heavy (non-hydrogen) atoms. The Morgan fingerprint density at radius 1 is 1.53 bits per heavy atom. The van der Waals surface area contributed by atoms with Gasteiger partial charge in [0.1, 0.15) is 0 Å². The number of nitrogens with zero attached hydrogens (tertiary/aromatic N) is 1. The van der Waals surface area contributed by atoms with Crippen LogP contribution in [0.1, 0.15) is 6.42 Å². The van der Waals surface area contributed by atoms with Crippen molar-refractivity contribution in [2.24, 2.45) is 0 Å². The summed E-state index contributed by atoms with van der Waals surface area (Å²) in [5.74, 6) is -2.76. The van der Waals surface area contributed by atoms with E-state index in [0.29, 0.717) is 0 Å². The molecule has 2 N–H and O–H groups in total. The fourth-order valence-electron chi connectivity index (χ4n) is 0.945. The summed E-state index contributed by atoms with van der Waals surface area (Å²) in [6, 6.07) is 0.782. The Labute approximate surface area is 86.1 Å². The minimum Gasteiger partial charge on any atom is -0.475 e. The third-order valence-corrected chi connectivity index (χ3v) is 1.75. The standard InChI is InChI=1S/C6H14N2.C2HF3O2/c1-8(2)5-6-3-4-7-6;3-2(4,5)1(6)7/h6-7H,3-5H2,1-2H3;(H,6,7)/t6-;/m1./s1. The first-order valence-electron chi connectivity index (χ1n) is 4.41. The minimum absolute atomic E-state index is 0.782. The number of likely N-dealkylation sites (N-methyl/N-ethyl adjacent to an activating group) is 1. The molecule has 0 aromatic carbocycles. The first-order chi connectivity index (χ1) is 6.73. The number of aliphatic carboxylic acids is 1. The summed E-state index contributed by atoms with van der Waals surface area (Å²) in [5, 5.41) is 10.5. The smallest absolute Gasteiger partial charge is 0.475 e. The van der Waals surface area contributed by atoms with Gasteiger partial charge in [0.25, 0.3) is 0 Å². The van der Waals surface area contributed by atoms with E-state index >= 15 is 0 Å². The van der Waals surface area contributed by atoms with Crippen LogP contribution in [-0.4, -0.2) is 55.4 Å². The van der Waals surface area contributed by atoms with E-state index in [0.717, 1.165) is 6.04 Å². The maximum Gasteiger partial charge on any atom is 0.490 e.